The molecule has 0 saturated carbocycles. The lowest BCUT2D eigenvalue weighted by Crippen LogP contribution is -2.51. The van der Waals surface area contributed by atoms with E-state index < -0.39 is 16.1 Å². The first-order chi connectivity index (χ1) is 16.2. The van der Waals surface area contributed by atoms with Crippen LogP contribution in [0.2, 0.25) is 0 Å². The fourth-order valence-corrected chi connectivity index (χ4v) is 5.36. The van der Waals surface area contributed by atoms with Gasteiger partial charge in [-0.25, -0.2) is 8.42 Å². The van der Waals surface area contributed by atoms with Crippen molar-refractivity contribution in [3.05, 3.63) is 59.7 Å². The smallest absolute Gasteiger partial charge is 0.241 e. The molecule has 1 aliphatic heterocycles. The van der Waals surface area contributed by atoms with E-state index in [-0.39, 0.29) is 22.8 Å². The number of aryl methyl sites for hydroxylation is 1. The molecule has 2 aromatic carbocycles. The molecule has 1 fully saturated rings. The van der Waals surface area contributed by atoms with Crippen LogP contribution in [0.3, 0.4) is 0 Å². The van der Waals surface area contributed by atoms with E-state index in [4.69, 9.17) is 9.47 Å². The van der Waals surface area contributed by atoms with Gasteiger partial charge in [0, 0.05) is 19.6 Å². The van der Waals surface area contributed by atoms with Crippen LogP contribution in [0.1, 0.15) is 31.0 Å². The summed E-state index contributed by atoms with van der Waals surface area (Å²) in [6.45, 7) is 8.88. The monoisotopic (exact) mass is 489 g/mol. The van der Waals surface area contributed by atoms with Crippen molar-refractivity contribution in [1.29, 1.82) is 0 Å². The average molecular weight is 490 g/mol. The highest BCUT2D eigenvalue weighted by molar-refractivity contribution is 7.89. The summed E-state index contributed by atoms with van der Waals surface area (Å²) in [5.74, 6) is -0.0331. The highest BCUT2D eigenvalue weighted by Crippen LogP contribution is 2.23. The summed E-state index contributed by atoms with van der Waals surface area (Å²) in [5, 5.41) is 3.00. The number of methoxy groups -OCH3 is 1. The van der Waals surface area contributed by atoms with Crippen molar-refractivity contribution in [3.63, 3.8) is 0 Å². The van der Waals surface area contributed by atoms with Crippen molar-refractivity contribution in [1.82, 2.24) is 14.9 Å². The molecular weight excluding hydrogens is 454 g/mol. The van der Waals surface area contributed by atoms with E-state index in [0.717, 1.165) is 24.2 Å². The number of nitrogens with zero attached hydrogens (tertiary/aromatic N) is 1. The van der Waals surface area contributed by atoms with Crippen molar-refractivity contribution in [2.24, 2.45) is 5.92 Å². The van der Waals surface area contributed by atoms with Gasteiger partial charge in [-0.15, -0.1) is 0 Å². The Morgan fingerprint density at radius 3 is 2.38 bits per heavy atom. The first kappa shape index (κ1) is 26.2. The number of sulfonamides is 1. The maximum atomic E-state index is 13.2. The molecule has 34 heavy (non-hydrogen) atoms. The third-order valence-electron chi connectivity index (χ3n) is 5.98. The third-order valence-corrected chi connectivity index (χ3v) is 7.44. The number of benzene rings is 2. The van der Waals surface area contributed by atoms with Gasteiger partial charge in [0.25, 0.3) is 0 Å². The Hall–Kier alpha value is -2.46. The van der Waals surface area contributed by atoms with Crippen molar-refractivity contribution >= 4 is 15.9 Å². The van der Waals surface area contributed by atoms with Gasteiger partial charge in [0.2, 0.25) is 15.9 Å². The molecule has 8 nitrogen and oxygen atoms in total. The molecule has 0 aliphatic carbocycles. The molecule has 1 aliphatic rings. The second kappa shape index (κ2) is 11.8. The number of morpholine rings is 1. The minimum atomic E-state index is -3.88. The molecule has 2 aromatic rings. The minimum Gasteiger partial charge on any atom is -0.497 e. The summed E-state index contributed by atoms with van der Waals surface area (Å²) in [7, 11) is -2.37. The summed E-state index contributed by atoms with van der Waals surface area (Å²) < 4.78 is 39.1. The zero-order chi connectivity index (χ0) is 24.7. The van der Waals surface area contributed by atoms with Gasteiger partial charge in [0.15, 0.2) is 0 Å². The first-order valence-corrected chi connectivity index (χ1v) is 13.0. The number of nitrogens with one attached hydrogen (secondary N) is 2. The summed E-state index contributed by atoms with van der Waals surface area (Å²) in [6.07, 6.45) is 0. The number of hydrogen-bond acceptors (Lipinski definition) is 6. The van der Waals surface area contributed by atoms with Gasteiger partial charge in [-0.1, -0.05) is 43.7 Å². The van der Waals surface area contributed by atoms with Crippen molar-refractivity contribution in [3.8, 4) is 5.75 Å². The van der Waals surface area contributed by atoms with Crippen molar-refractivity contribution < 1.29 is 22.7 Å². The summed E-state index contributed by atoms with van der Waals surface area (Å²) in [5.41, 5.74) is 2.26. The topological polar surface area (TPSA) is 97.0 Å². The lowest BCUT2D eigenvalue weighted by molar-refractivity contribution is -0.124. The Balaban J connectivity index is 1.74. The summed E-state index contributed by atoms with van der Waals surface area (Å²) in [4.78, 5) is 15.6. The molecule has 1 unspecified atom stereocenters. The molecule has 0 aromatic heterocycles. The number of hydrogen-bond donors (Lipinski definition) is 2. The quantitative estimate of drug-likeness (QED) is 0.532. The molecule has 0 spiro atoms. The molecule has 1 amide bonds. The molecule has 1 heterocycles. The largest absolute Gasteiger partial charge is 0.497 e. The normalized spacial score (nSPS) is 16.7. The number of amides is 1. The van der Waals surface area contributed by atoms with Crippen LogP contribution in [0.5, 0.6) is 5.75 Å². The molecule has 0 bridgehead atoms. The number of ether oxygens (including phenoxy) is 2. The SMILES string of the molecule is COc1ccc(S(=O)(=O)N[C@H](C(=O)NCC(c2cccc(C)c2)N2CCOCC2)C(C)C)cc1. The fourth-order valence-electron chi connectivity index (χ4n) is 4.01. The van der Waals surface area contributed by atoms with Crippen LogP contribution >= 0.6 is 0 Å². The number of rotatable bonds is 10. The molecule has 0 radical (unpaired) electrons. The third kappa shape index (κ3) is 6.79. The Morgan fingerprint density at radius 2 is 1.79 bits per heavy atom. The van der Waals surface area contributed by atoms with E-state index in [1.807, 2.05) is 32.9 Å². The molecule has 1 saturated heterocycles. The lowest BCUT2D eigenvalue weighted by atomic mass is 10.0. The van der Waals surface area contributed by atoms with Crippen LogP contribution in [0, 0.1) is 12.8 Å². The zero-order valence-electron chi connectivity index (χ0n) is 20.3. The molecule has 2 atom stereocenters. The maximum absolute atomic E-state index is 13.2. The summed E-state index contributed by atoms with van der Waals surface area (Å²) >= 11 is 0. The van der Waals surface area contributed by atoms with Crippen LogP contribution in [0.4, 0.5) is 0 Å². The van der Waals surface area contributed by atoms with E-state index in [1.165, 1.54) is 19.2 Å². The standard InChI is InChI=1S/C25H35N3O5S/c1-18(2)24(27-34(30,31)22-10-8-21(32-4)9-11-22)25(29)26-17-23(28-12-14-33-15-13-28)20-7-5-6-19(3)16-20/h5-11,16,18,23-24,27H,12-15,17H2,1-4H3,(H,26,29)/t23?,24-/m0/s1. The molecule has 2 N–H and O–H groups in total. The van der Waals surface area contributed by atoms with Gasteiger partial charge in [-0.2, -0.15) is 4.72 Å². The van der Waals surface area contributed by atoms with Crippen LogP contribution in [-0.2, 0) is 19.6 Å². The second-order valence-corrected chi connectivity index (χ2v) is 10.6. The van der Waals surface area contributed by atoms with E-state index >= 15 is 0 Å². The molecule has 186 valence electrons. The average Bonchev–Trinajstić information content (AvgIpc) is 2.83. The summed E-state index contributed by atoms with van der Waals surface area (Å²) in [6, 6.07) is 13.4. The van der Waals surface area contributed by atoms with Crippen LogP contribution in [0.25, 0.3) is 0 Å². The lowest BCUT2D eigenvalue weighted by Gasteiger charge is -2.35. The highest BCUT2D eigenvalue weighted by atomic mass is 32.2. The fraction of sp³-hybridized carbons (Fsp3) is 0.480. The minimum absolute atomic E-state index is 0.0289. The van der Waals surface area contributed by atoms with E-state index in [0.29, 0.717) is 25.5 Å². The highest BCUT2D eigenvalue weighted by Gasteiger charge is 2.30. The van der Waals surface area contributed by atoms with Gasteiger partial charge < -0.3 is 14.8 Å². The van der Waals surface area contributed by atoms with Crippen LogP contribution in [0.15, 0.2) is 53.4 Å². The van der Waals surface area contributed by atoms with E-state index in [9.17, 15) is 13.2 Å². The van der Waals surface area contributed by atoms with Crippen LogP contribution in [-0.4, -0.2) is 65.2 Å². The van der Waals surface area contributed by atoms with Crippen molar-refractivity contribution in [2.45, 2.75) is 37.8 Å². The Labute approximate surface area is 202 Å². The maximum Gasteiger partial charge on any atom is 0.241 e. The van der Waals surface area contributed by atoms with Gasteiger partial charge in [-0.05, 0) is 42.7 Å². The first-order valence-electron chi connectivity index (χ1n) is 11.5. The molecular formula is C25H35N3O5S. The van der Waals surface area contributed by atoms with Gasteiger partial charge in [0.1, 0.15) is 11.8 Å². The van der Waals surface area contributed by atoms with Gasteiger partial charge >= 0.3 is 0 Å². The predicted octanol–water partition coefficient (Wildman–Crippen LogP) is 2.50. The Bertz CT molecular complexity index is 1050. The van der Waals surface area contributed by atoms with Crippen LogP contribution < -0.4 is 14.8 Å². The number of carbonyl (C=O) groups is 1. The molecule has 3 rings (SSSR count). The van der Waals surface area contributed by atoms with Gasteiger partial charge in [-0.3, -0.25) is 9.69 Å². The Morgan fingerprint density at radius 1 is 1.12 bits per heavy atom. The zero-order valence-corrected chi connectivity index (χ0v) is 21.1. The predicted molar refractivity (Wildman–Crippen MR) is 131 cm³/mol. The second-order valence-electron chi connectivity index (χ2n) is 8.84. The number of carbonyl (C=O) groups excluding carboxylic acids is 1. The molecule has 9 heteroatoms. The van der Waals surface area contributed by atoms with E-state index in [2.05, 4.69) is 27.1 Å². The van der Waals surface area contributed by atoms with Gasteiger partial charge in [0.05, 0.1) is 31.3 Å². The Kier molecular flexibility index (Phi) is 9.07. The van der Waals surface area contributed by atoms with E-state index in [1.54, 1.807) is 12.1 Å². The van der Waals surface area contributed by atoms with Crippen molar-refractivity contribution in [2.75, 3.05) is 40.0 Å².